The van der Waals surface area contributed by atoms with E-state index < -0.39 is 39.2 Å². The molecule has 0 saturated heterocycles. The van der Waals surface area contributed by atoms with Crippen molar-refractivity contribution < 1.29 is 54.3 Å². The highest BCUT2D eigenvalue weighted by molar-refractivity contribution is 7.87. The molecule has 39 heavy (non-hydrogen) atoms. The van der Waals surface area contributed by atoms with Crippen LogP contribution >= 0.6 is 0 Å². The molecule has 0 aliphatic carbocycles. The Bertz CT molecular complexity index is 1550. The van der Waals surface area contributed by atoms with Gasteiger partial charge in [-0.05, 0) is 35.9 Å². The number of fused-ring (bicyclic) bond motifs is 2. The van der Waals surface area contributed by atoms with E-state index in [0.29, 0.717) is 11.5 Å². The third kappa shape index (κ3) is 5.43. The summed E-state index contributed by atoms with van der Waals surface area (Å²) >= 11 is 0. The molecule has 0 fully saturated rings. The molecule has 204 valence electrons. The Morgan fingerprint density at radius 3 is 2.41 bits per heavy atom. The standard InChI is InChI=1S/C26H19F3O9S/c1-15(30)36-25-23(17-7-9-21-22(11-17)35-14-34-21)37-20-10-8-18(33-13-16-5-3-2-4-6-16)12-19(20)24(25)38-39(31,32)26(27,28)29/h2-12,23H,13-14H2,1H3. The fourth-order valence-electron chi connectivity index (χ4n) is 3.85. The minimum Gasteiger partial charge on any atom is -0.489 e. The van der Waals surface area contributed by atoms with Crippen molar-refractivity contribution in [1.29, 1.82) is 0 Å². The van der Waals surface area contributed by atoms with Gasteiger partial charge in [0, 0.05) is 12.5 Å². The van der Waals surface area contributed by atoms with E-state index in [4.69, 9.17) is 23.7 Å². The number of carbonyl (C=O) groups excluding carboxylic acids is 1. The van der Waals surface area contributed by atoms with Gasteiger partial charge in [-0.2, -0.15) is 21.6 Å². The lowest BCUT2D eigenvalue weighted by Crippen LogP contribution is -2.28. The van der Waals surface area contributed by atoms with E-state index in [-0.39, 0.29) is 36.0 Å². The normalized spacial score (nSPS) is 16.3. The second kappa shape index (κ2) is 10.1. The highest BCUT2D eigenvalue weighted by Crippen LogP contribution is 2.47. The van der Waals surface area contributed by atoms with Crippen LogP contribution in [0.15, 0.2) is 72.5 Å². The van der Waals surface area contributed by atoms with Crippen molar-refractivity contribution in [2.45, 2.75) is 25.1 Å². The Morgan fingerprint density at radius 2 is 1.69 bits per heavy atom. The van der Waals surface area contributed by atoms with Crippen molar-refractivity contribution in [3.8, 4) is 23.0 Å². The van der Waals surface area contributed by atoms with Gasteiger partial charge < -0.3 is 27.9 Å². The molecule has 5 rings (SSSR count). The topological polar surface area (TPSA) is 107 Å². The molecule has 1 unspecified atom stereocenters. The predicted molar refractivity (Wildman–Crippen MR) is 128 cm³/mol. The number of benzene rings is 3. The van der Waals surface area contributed by atoms with E-state index >= 15 is 0 Å². The molecule has 2 aliphatic rings. The van der Waals surface area contributed by atoms with Gasteiger partial charge in [0.15, 0.2) is 29.1 Å². The Morgan fingerprint density at radius 1 is 0.974 bits per heavy atom. The summed E-state index contributed by atoms with van der Waals surface area (Å²) in [7, 11) is -6.18. The maximum absolute atomic E-state index is 13.4. The third-order valence-corrected chi connectivity index (χ3v) is 6.53. The highest BCUT2D eigenvalue weighted by atomic mass is 32.2. The molecule has 1 atom stereocenters. The number of rotatable bonds is 7. The average Bonchev–Trinajstić information content (AvgIpc) is 3.36. The first-order chi connectivity index (χ1) is 18.5. The maximum Gasteiger partial charge on any atom is 0.534 e. The molecule has 0 bridgehead atoms. The Kier molecular flexibility index (Phi) is 6.76. The Balaban J connectivity index is 1.62. The van der Waals surface area contributed by atoms with Gasteiger partial charge in [-0.25, -0.2) is 0 Å². The summed E-state index contributed by atoms with van der Waals surface area (Å²) in [6.45, 7) is 1.05. The second-order valence-electron chi connectivity index (χ2n) is 8.31. The van der Waals surface area contributed by atoms with Crippen LogP contribution in [-0.2, 0) is 30.4 Å². The number of carbonyl (C=O) groups is 1. The summed E-state index contributed by atoms with van der Waals surface area (Å²) in [6, 6.07) is 17.6. The van der Waals surface area contributed by atoms with Gasteiger partial charge in [0.2, 0.25) is 6.79 Å². The predicted octanol–water partition coefficient (Wildman–Crippen LogP) is 5.23. The van der Waals surface area contributed by atoms with E-state index in [0.717, 1.165) is 12.5 Å². The number of esters is 1. The van der Waals surface area contributed by atoms with Crippen molar-refractivity contribution in [1.82, 2.24) is 0 Å². The molecule has 0 aromatic heterocycles. The quantitative estimate of drug-likeness (QED) is 0.217. The van der Waals surface area contributed by atoms with Crippen LogP contribution in [0.3, 0.4) is 0 Å². The Hall–Kier alpha value is -4.39. The first-order valence-corrected chi connectivity index (χ1v) is 12.7. The van der Waals surface area contributed by atoms with E-state index in [2.05, 4.69) is 4.18 Å². The van der Waals surface area contributed by atoms with Gasteiger partial charge in [0.05, 0.1) is 5.56 Å². The van der Waals surface area contributed by atoms with Crippen LogP contribution in [0.1, 0.15) is 29.7 Å². The molecular weight excluding hydrogens is 545 g/mol. The summed E-state index contributed by atoms with van der Waals surface area (Å²) in [4.78, 5) is 12.0. The fraction of sp³-hybridized carbons (Fsp3) is 0.192. The average molecular weight is 564 g/mol. The number of hydrogen-bond donors (Lipinski definition) is 0. The summed E-state index contributed by atoms with van der Waals surface area (Å²) in [5.41, 5.74) is -4.94. The number of halogens is 3. The van der Waals surface area contributed by atoms with Crippen molar-refractivity contribution >= 4 is 21.8 Å². The van der Waals surface area contributed by atoms with Crippen LogP contribution in [0.5, 0.6) is 23.0 Å². The maximum atomic E-state index is 13.4. The molecular formula is C26H19F3O9S. The number of ether oxygens (including phenoxy) is 5. The lowest BCUT2D eigenvalue weighted by molar-refractivity contribution is -0.138. The van der Waals surface area contributed by atoms with E-state index in [1.54, 1.807) is 24.3 Å². The number of alkyl halides is 3. The molecule has 2 heterocycles. The minimum atomic E-state index is -6.18. The van der Waals surface area contributed by atoms with Crippen LogP contribution in [0, 0.1) is 0 Å². The minimum absolute atomic E-state index is 0.0481. The smallest absolute Gasteiger partial charge is 0.489 e. The molecule has 0 spiro atoms. The van der Waals surface area contributed by atoms with Crippen LogP contribution in [0.4, 0.5) is 13.2 Å². The summed E-state index contributed by atoms with van der Waals surface area (Å²) < 4.78 is 96.6. The first-order valence-electron chi connectivity index (χ1n) is 11.3. The van der Waals surface area contributed by atoms with Gasteiger partial charge in [0.25, 0.3) is 0 Å². The SMILES string of the molecule is CC(=O)OC1=C(OS(=O)(=O)C(F)(F)F)c2cc(OCc3ccccc3)ccc2OC1c1ccc2c(c1)OCO2. The Labute approximate surface area is 220 Å². The number of hydrogen-bond acceptors (Lipinski definition) is 9. The largest absolute Gasteiger partial charge is 0.534 e. The summed E-state index contributed by atoms with van der Waals surface area (Å²) in [5, 5.41) is 0. The first kappa shape index (κ1) is 26.2. The van der Waals surface area contributed by atoms with Crippen LogP contribution in [0.2, 0.25) is 0 Å². The molecule has 0 saturated carbocycles. The molecule has 13 heteroatoms. The van der Waals surface area contributed by atoms with Crippen LogP contribution in [0.25, 0.3) is 5.76 Å². The zero-order chi connectivity index (χ0) is 27.8. The fourth-order valence-corrected chi connectivity index (χ4v) is 4.33. The third-order valence-electron chi connectivity index (χ3n) is 5.58. The lowest BCUT2D eigenvalue weighted by atomic mass is 10.00. The monoisotopic (exact) mass is 564 g/mol. The highest BCUT2D eigenvalue weighted by Gasteiger charge is 2.50. The van der Waals surface area contributed by atoms with E-state index in [1.807, 2.05) is 6.07 Å². The lowest BCUT2D eigenvalue weighted by Gasteiger charge is -2.30. The zero-order valence-electron chi connectivity index (χ0n) is 20.1. The molecule has 3 aromatic carbocycles. The van der Waals surface area contributed by atoms with Gasteiger partial charge in [0.1, 0.15) is 18.1 Å². The molecule has 3 aromatic rings. The summed E-state index contributed by atoms with van der Waals surface area (Å²) in [5.74, 6) is -1.62. The van der Waals surface area contributed by atoms with Crippen molar-refractivity contribution in [3.63, 3.8) is 0 Å². The van der Waals surface area contributed by atoms with Gasteiger partial charge in [-0.15, -0.1) is 0 Å². The van der Waals surface area contributed by atoms with Crippen LogP contribution < -0.4 is 18.9 Å². The molecule has 2 aliphatic heterocycles. The van der Waals surface area contributed by atoms with E-state index in [9.17, 15) is 26.4 Å². The van der Waals surface area contributed by atoms with Crippen LogP contribution in [-0.4, -0.2) is 26.7 Å². The van der Waals surface area contributed by atoms with Crippen molar-refractivity contribution in [3.05, 3.63) is 89.2 Å². The molecule has 9 nitrogen and oxygen atoms in total. The van der Waals surface area contributed by atoms with Gasteiger partial charge in [-0.3, -0.25) is 4.79 Å². The van der Waals surface area contributed by atoms with E-state index in [1.165, 1.54) is 36.4 Å². The van der Waals surface area contributed by atoms with Gasteiger partial charge in [-0.1, -0.05) is 36.4 Å². The molecule has 0 N–H and O–H groups in total. The molecule has 0 amide bonds. The zero-order valence-corrected chi connectivity index (χ0v) is 20.9. The van der Waals surface area contributed by atoms with Crippen molar-refractivity contribution in [2.24, 2.45) is 0 Å². The molecule has 0 radical (unpaired) electrons. The summed E-state index contributed by atoms with van der Waals surface area (Å²) in [6.07, 6.45) is -1.38. The van der Waals surface area contributed by atoms with Crippen molar-refractivity contribution in [2.75, 3.05) is 6.79 Å². The van der Waals surface area contributed by atoms with Gasteiger partial charge >= 0.3 is 21.6 Å². The second-order valence-corrected chi connectivity index (χ2v) is 9.85.